The number of nitrogens with one attached hydrogen (secondary N) is 3. The number of nitrogens with two attached hydrogens (primary N) is 1. The highest BCUT2D eigenvalue weighted by Gasteiger charge is 2.09. The van der Waals surface area contributed by atoms with Gasteiger partial charge in [0.2, 0.25) is 0 Å². The second-order valence-electron chi connectivity index (χ2n) is 3.82. The van der Waals surface area contributed by atoms with Crippen molar-refractivity contribution in [2.75, 3.05) is 23.5 Å². The van der Waals surface area contributed by atoms with E-state index in [2.05, 4.69) is 26.1 Å². The number of carbonyl (C=O) groups excluding carboxylic acids is 1. The number of aromatic nitrogens is 2. The number of rotatable bonds is 4. The van der Waals surface area contributed by atoms with Gasteiger partial charge in [0.25, 0.3) is 5.91 Å². The molecule has 0 saturated carbocycles. The van der Waals surface area contributed by atoms with E-state index >= 15 is 0 Å². The van der Waals surface area contributed by atoms with Gasteiger partial charge in [0.1, 0.15) is 17.8 Å². The van der Waals surface area contributed by atoms with Crippen molar-refractivity contribution in [2.45, 2.75) is 0 Å². The van der Waals surface area contributed by atoms with Crippen molar-refractivity contribution < 1.29 is 9.18 Å². The van der Waals surface area contributed by atoms with Crippen molar-refractivity contribution in [3.05, 3.63) is 42.0 Å². The molecule has 2 aromatic rings. The summed E-state index contributed by atoms with van der Waals surface area (Å²) in [7, 11) is 1.67. The molecule has 0 saturated heterocycles. The lowest BCUT2D eigenvalue weighted by molar-refractivity contribution is 0.0962. The molecule has 0 aliphatic heterocycles. The van der Waals surface area contributed by atoms with Gasteiger partial charge in [-0.3, -0.25) is 15.6 Å². The van der Waals surface area contributed by atoms with Crippen LogP contribution < -0.4 is 21.9 Å². The fourth-order valence-electron chi connectivity index (χ4n) is 1.48. The Labute approximate surface area is 114 Å². The Morgan fingerprint density at radius 3 is 2.50 bits per heavy atom. The van der Waals surface area contributed by atoms with Crippen LogP contribution in [0.2, 0.25) is 0 Å². The number of amides is 1. The van der Waals surface area contributed by atoms with Crippen molar-refractivity contribution in [3.8, 4) is 0 Å². The van der Waals surface area contributed by atoms with Gasteiger partial charge in [0, 0.05) is 12.6 Å². The van der Waals surface area contributed by atoms with Crippen molar-refractivity contribution in [2.24, 2.45) is 0 Å². The number of nitrogen functional groups attached to an aromatic ring is 1. The van der Waals surface area contributed by atoms with Gasteiger partial charge in [-0.15, -0.1) is 0 Å². The zero-order chi connectivity index (χ0) is 14.5. The molecule has 1 heterocycles. The summed E-state index contributed by atoms with van der Waals surface area (Å²) in [5, 5.41) is 2.79. The number of halogens is 1. The second kappa shape index (κ2) is 5.83. The van der Waals surface area contributed by atoms with Gasteiger partial charge in [0.05, 0.1) is 0 Å². The Balaban J connectivity index is 2.05. The molecule has 0 aliphatic rings. The highest BCUT2D eigenvalue weighted by Crippen LogP contribution is 2.20. The van der Waals surface area contributed by atoms with Crippen molar-refractivity contribution in [3.63, 3.8) is 0 Å². The first-order valence-corrected chi connectivity index (χ1v) is 5.72. The Hall–Kier alpha value is -2.90. The first kappa shape index (κ1) is 13.5. The van der Waals surface area contributed by atoms with E-state index in [4.69, 9.17) is 5.73 Å². The minimum absolute atomic E-state index is 0.264. The average Bonchev–Trinajstić information content (AvgIpc) is 2.46. The number of benzene rings is 1. The fraction of sp³-hybridized carbons (Fsp3) is 0.0833. The maximum absolute atomic E-state index is 12.7. The van der Waals surface area contributed by atoms with Crippen LogP contribution in [0, 0.1) is 5.82 Å². The van der Waals surface area contributed by atoms with Crippen LogP contribution in [0.1, 0.15) is 10.4 Å². The predicted octanol–water partition coefficient (Wildman–Crippen LogP) is 0.996. The Kier molecular flexibility index (Phi) is 3.94. The van der Waals surface area contributed by atoms with E-state index in [1.54, 1.807) is 7.05 Å². The summed E-state index contributed by atoms with van der Waals surface area (Å²) in [6, 6.07) is 5.14. The molecule has 7 nitrogen and oxygen atoms in total. The topological polar surface area (TPSA) is 105 Å². The number of hydrogen-bond donors (Lipinski definition) is 4. The molecule has 0 fully saturated rings. The lowest BCUT2D eigenvalue weighted by atomic mass is 10.2. The highest BCUT2D eigenvalue weighted by molar-refractivity contribution is 5.95. The largest absolute Gasteiger partial charge is 0.393 e. The number of carbonyl (C=O) groups is 1. The van der Waals surface area contributed by atoms with Crippen LogP contribution in [0.25, 0.3) is 0 Å². The van der Waals surface area contributed by atoms with E-state index in [0.29, 0.717) is 11.4 Å². The molecule has 2 rings (SSSR count). The number of nitrogens with zero attached hydrogens (tertiary/aromatic N) is 2. The van der Waals surface area contributed by atoms with Crippen LogP contribution in [0.15, 0.2) is 30.6 Å². The normalized spacial score (nSPS) is 9.90. The molecule has 0 radical (unpaired) electrons. The molecule has 0 aliphatic carbocycles. The van der Waals surface area contributed by atoms with E-state index in [-0.39, 0.29) is 11.5 Å². The standard InChI is InChI=1S/C12H13FN6O/c1-15-10-9(14)11(17-6-16-10)18-19-12(20)7-2-4-8(13)5-3-7/h2-6H,14H2,1H3,(H,19,20)(H2,15,16,17,18). The molecule has 0 atom stereocenters. The molecule has 1 aromatic carbocycles. The maximum Gasteiger partial charge on any atom is 0.269 e. The highest BCUT2D eigenvalue weighted by atomic mass is 19.1. The molecule has 1 aromatic heterocycles. The van der Waals surface area contributed by atoms with Crippen LogP contribution >= 0.6 is 0 Å². The Morgan fingerprint density at radius 2 is 1.85 bits per heavy atom. The van der Waals surface area contributed by atoms with Gasteiger partial charge in [-0.2, -0.15) is 0 Å². The predicted molar refractivity (Wildman–Crippen MR) is 73.5 cm³/mol. The molecule has 104 valence electrons. The number of hydrogen-bond acceptors (Lipinski definition) is 6. The molecule has 20 heavy (non-hydrogen) atoms. The molecular weight excluding hydrogens is 263 g/mol. The van der Waals surface area contributed by atoms with Gasteiger partial charge in [-0.1, -0.05) is 0 Å². The zero-order valence-corrected chi connectivity index (χ0v) is 10.6. The fourth-order valence-corrected chi connectivity index (χ4v) is 1.48. The van der Waals surface area contributed by atoms with Crippen LogP contribution in [-0.2, 0) is 0 Å². The second-order valence-corrected chi connectivity index (χ2v) is 3.82. The Bertz CT molecular complexity index is 616. The van der Waals surface area contributed by atoms with Crippen LogP contribution in [0.5, 0.6) is 0 Å². The summed E-state index contributed by atoms with van der Waals surface area (Å²) in [6.07, 6.45) is 1.30. The van der Waals surface area contributed by atoms with E-state index in [0.717, 1.165) is 0 Å². The third-order valence-electron chi connectivity index (χ3n) is 2.52. The van der Waals surface area contributed by atoms with Crippen molar-refractivity contribution in [1.82, 2.24) is 15.4 Å². The molecule has 0 bridgehead atoms. The number of hydrazine groups is 1. The van der Waals surface area contributed by atoms with E-state index in [1.807, 2.05) is 0 Å². The Morgan fingerprint density at radius 1 is 1.20 bits per heavy atom. The van der Waals surface area contributed by atoms with Crippen LogP contribution in [-0.4, -0.2) is 22.9 Å². The van der Waals surface area contributed by atoms with Gasteiger partial charge in [-0.05, 0) is 24.3 Å². The third kappa shape index (κ3) is 2.91. The first-order chi connectivity index (χ1) is 9.61. The molecular formula is C12H13FN6O. The van der Waals surface area contributed by atoms with E-state index in [9.17, 15) is 9.18 Å². The van der Waals surface area contributed by atoms with Crippen LogP contribution in [0.4, 0.5) is 21.7 Å². The number of anilines is 3. The summed E-state index contributed by atoms with van der Waals surface area (Å²) < 4.78 is 12.7. The minimum Gasteiger partial charge on any atom is -0.393 e. The van der Waals surface area contributed by atoms with E-state index in [1.165, 1.54) is 30.6 Å². The quantitative estimate of drug-likeness (QED) is 0.621. The summed E-state index contributed by atoms with van der Waals surface area (Å²) in [5.41, 5.74) is 11.4. The molecule has 0 spiro atoms. The van der Waals surface area contributed by atoms with Gasteiger partial charge in [0.15, 0.2) is 11.6 Å². The summed E-state index contributed by atoms with van der Waals surface area (Å²) in [6.45, 7) is 0. The zero-order valence-electron chi connectivity index (χ0n) is 10.6. The summed E-state index contributed by atoms with van der Waals surface area (Å²) >= 11 is 0. The van der Waals surface area contributed by atoms with E-state index < -0.39 is 11.7 Å². The smallest absolute Gasteiger partial charge is 0.269 e. The minimum atomic E-state index is -0.436. The lowest BCUT2D eigenvalue weighted by Gasteiger charge is -2.11. The van der Waals surface area contributed by atoms with Crippen LogP contribution in [0.3, 0.4) is 0 Å². The first-order valence-electron chi connectivity index (χ1n) is 5.72. The lowest BCUT2D eigenvalue weighted by Crippen LogP contribution is -2.30. The summed E-state index contributed by atoms with van der Waals surface area (Å²) in [5.74, 6) is -0.138. The summed E-state index contributed by atoms with van der Waals surface area (Å²) in [4.78, 5) is 19.6. The van der Waals surface area contributed by atoms with Gasteiger partial charge in [-0.25, -0.2) is 14.4 Å². The SMILES string of the molecule is CNc1ncnc(NNC(=O)c2ccc(F)cc2)c1N. The average molecular weight is 276 g/mol. The molecule has 1 amide bonds. The van der Waals surface area contributed by atoms with Gasteiger partial charge >= 0.3 is 0 Å². The molecule has 0 unspecified atom stereocenters. The van der Waals surface area contributed by atoms with Crippen molar-refractivity contribution >= 4 is 23.2 Å². The maximum atomic E-state index is 12.7. The van der Waals surface area contributed by atoms with Gasteiger partial charge < -0.3 is 11.1 Å². The monoisotopic (exact) mass is 276 g/mol. The molecule has 5 N–H and O–H groups in total. The molecule has 8 heteroatoms. The van der Waals surface area contributed by atoms with Crippen molar-refractivity contribution in [1.29, 1.82) is 0 Å². The third-order valence-corrected chi connectivity index (χ3v) is 2.52.